The van der Waals surface area contributed by atoms with Gasteiger partial charge < -0.3 is 9.16 Å². The summed E-state index contributed by atoms with van der Waals surface area (Å²) in [6.45, 7) is 4.52. The van der Waals surface area contributed by atoms with Crippen LogP contribution in [-0.4, -0.2) is 20.9 Å². The summed E-state index contributed by atoms with van der Waals surface area (Å²) in [7, 11) is -2.45. The molecule has 0 heterocycles. The second-order valence-corrected chi connectivity index (χ2v) is 13.2. The zero-order chi connectivity index (χ0) is 25.2. The molecule has 36 heavy (non-hydrogen) atoms. The Bertz CT molecular complexity index is 1070. The first kappa shape index (κ1) is 26.0. The van der Waals surface area contributed by atoms with Gasteiger partial charge in [0.05, 0.1) is 6.61 Å². The molecular weight excluding hydrogens is 460 g/mol. The van der Waals surface area contributed by atoms with Crippen molar-refractivity contribution in [2.75, 3.05) is 6.61 Å². The van der Waals surface area contributed by atoms with E-state index >= 15 is 0 Å². The Balaban J connectivity index is 1.54. The Kier molecular flexibility index (Phi) is 9.18. The van der Waals surface area contributed by atoms with E-state index in [9.17, 15) is 4.79 Å². The van der Waals surface area contributed by atoms with Crippen LogP contribution in [0, 0.1) is 0 Å². The van der Waals surface area contributed by atoms with E-state index in [1.54, 1.807) is 6.08 Å². The highest BCUT2D eigenvalue weighted by Gasteiger charge is 2.41. The first-order valence-corrected chi connectivity index (χ1v) is 15.5. The number of esters is 1. The van der Waals surface area contributed by atoms with Crippen LogP contribution in [0.5, 0.6) is 5.75 Å². The molecule has 0 unspecified atom stereocenters. The van der Waals surface area contributed by atoms with Gasteiger partial charge >= 0.3 is 14.3 Å². The monoisotopic (exact) mass is 498 g/mol. The molecule has 4 heteroatoms. The van der Waals surface area contributed by atoms with Crippen molar-refractivity contribution < 1.29 is 14.0 Å². The second-order valence-electron chi connectivity index (χ2n) is 9.66. The lowest BCUT2D eigenvalue weighted by Crippen LogP contribution is -2.63. The van der Waals surface area contributed by atoms with Crippen molar-refractivity contribution in [1.29, 1.82) is 0 Å². The summed E-state index contributed by atoms with van der Waals surface area (Å²) < 4.78 is 12.2. The Morgan fingerprint density at radius 3 is 1.97 bits per heavy atom. The van der Waals surface area contributed by atoms with Crippen LogP contribution >= 0.6 is 0 Å². The molecule has 0 atom stereocenters. The summed E-state index contributed by atoms with van der Waals surface area (Å²) in [4.78, 5) is 11.8. The zero-order valence-electron chi connectivity index (χ0n) is 21.6. The van der Waals surface area contributed by atoms with E-state index in [-0.39, 0.29) is 5.97 Å². The van der Waals surface area contributed by atoms with Crippen LogP contribution in [0.3, 0.4) is 0 Å². The molecule has 1 aliphatic carbocycles. The highest BCUT2D eigenvalue weighted by atomic mass is 28.4. The Hall–Kier alpha value is -3.11. The summed E-state index contributed by atoms with van der Waals surface area (Å²) in [6.07, 6.45) is 8.02. The van der Waals surface area contributed by atoms with E-state index in [0.29, 0.717) is 12.5 Å². The molecule has 1 fully saturated rings. The van der Waals surface area contributed by atoms with Crippen LogP contribution in [0.1, 0.15) is 63.9 Å². The molecule has 3 aromatic rings. The smallest absolute Gasteiger partial charge is 0.330 e. The summed E-state index contributed by atoms with van der Waals surface area (Å²) in [5.41, 5.74) is 2.57. The van der Waals surface area contributed by atoms with Gasteiger partial charge in [-0.3, -0.25) is 0 Å². The molecule has 1 saturated carbocycles. The van der Waals surface area contributed by atoms with Gasteiger partial charge in [-0.2, -0.15) is 0 Å². The first-order chi connectivity index (χ1) is 17.6. The minimum absolute atomic E-state index is 0.208. The van der Waals surface area contributed by atoms with E-state index in [1.165, 1.54) is 21.5 Å². The molecule has 0 radical (unpaired) electrons. The lowest BCUT2D eigenvalue weighted by atomic mass is 9.81. The maximum absolute atomic E-state index is 11.8. The molecule has 0 N–H and O–H groups in total. The van der Waals surface area contributed by atoms with E-state index in [0.717, 1.165) is 50.3 Å². The number of hydrogen-bond donors (Lipinski definition) is 0. The van der Waals surface area contributed by atoms with Crippen molar-refractivity contribution in [3.05, 3.63) is 102 Å². The number of carbonyl (C=O) groups excluding carboxylic acids is 1. The summed E-state index contributed by atoms with van der Waals surface area (Å²) in [5.74, 6) is 1.26. The minimum Gasteiger partial charge on any atom is -0.535 e. The fourth-order valence-corrected chi connectivity index (χ4v) is 9.39. The standard InChI is InChI=1S/C32H38O3Si/c1-3-5-24-36(30-12-8-6-9-13-30,31-14-10-7-11-15-31)35-29-22-20-28(21-23-29)27-18-16-26(17-19-27)25-32(33)34-4-2/h6-15,20-23,25,27H,3-5,16-19,24H2,1-2H3. The third-order valence-electron chi connectivity index (χ3n) is 7.24. The quantitative estimate of drug-likeness (QED) is 0.176. The van der Waals surface area contributed by atoms with Crippen molar-refractivity contribution in [3.63, 3.8) is 0 Å². The van der Waals surface area contributed by atoms with Gasteiger partial charge in [0.15, 0.2) is 0 Å². The SMILES string of the molecule is CCCC[Si](Oc1ccc(C2CCC(=CC(=O)OCC)CC2)cc1)(c1ccccc1)c1ccccc1. The molecule has 0 saturated heterocycles. The largest absolute Gasteiger partial charge is 0.535 e. The van der Waals surface area contributed by atoms with Crippen molar-refractivity contribution in [2.45, 2.75) is 64.3 Å². The van der Waals surface area contributed by atoms with Gasteiger partial charge in [-0.1, -0.05) is 98.1 Å². The van der Waals surface area contributed by atoms with Gasteiger partial charge in [0.2, 0.25) is 0 Å². The Morgan fingerprint density at radius 1 is 0.861 bits per heavy atom. The van der Waals surface area contributed by atoms with Crippen LogP contribution in [-0.2, 0) is 9.53 Å². The predicted octanol–water partition coefficient (Wildman–Crippen LogP) is 6.77. The third kappa shape index (κ3) is 6.36. The van der Waals surface area contributed by atoms with Gasteiger partial charge in [0.25, 0.3) is 0 Å². The fraction of sp³-hybridized carbons (Fsp3) is 0.344. The fourth-order valence-electron chi connectivity index (χ4n) is 5.29. The average Bonchev–Trinajstić information content (AvgIpc) is 2.93. The predicted molar refractivity (Wildman–Crippen MR) is 151 cm³/mol. The lowest BCUT2D eigenvalue weighted by Gasteiger charge is -2.33. The highest BCUT2D eigenvalue weighted by Crippen LogP contribution is 2.36. The average molecular weight is 499 g/mol. The van der Waals surface area contributed by atoms with Crippen LogP contribution < -0.4 is 14.8 Å². The topological polar surface area (TPSA) is 35.5 Å². The molecule has 0 bridgehead atoms. The van der Waals surface area contributed by atoms with Crippen molar-refractivity contribution in [2.24, 2.45) is 0 Å². The van der Waals surface area contributed by atoms with Crippen molar-refractivity contribution in [1.82, 2.24) is 0 Å². The van der Waals surface area contributed by atoms with E-state index in [4.69, 9.17) is 9.16 Å². The van der Waals surface area contributed by atoms with Gasteiger partial charge in [0.1, 0.15) is 5.75 Å². The van der Waals surface area contributed by atoms with E-state index < -0.39 is 8.32 Å². The zero-order valence-corrected chi connectivity index (χ0v) is 22.6. The number of ether oxygens (including phenoxy) is 1. The number of unbranched alkanes of at least 4 members (excludes halogenated alkanes) is 1. The van der Waals surface area contributed by atoms with Gasteiger partial charge in [-0.05, 0) is 72.6 Å². The number of hydrogen-bond acceptors (Lipinski definition) is 3. The molecule has 0 aliphatic heterocycles. The maximum atomic E-state index is 11.8. The van der Waals surface area contributed by atoms with E-state index in [1.807, 2.05) is 6.92 Å². The molecule has 0 amide bonds. The molecule has 0 spiro atoms. The van der Waals surface area contributed by atoms with Gasteiger partial charge in [-0.25, -0.2) is 4.79 Å². The third-order valence-corrected chi connectivity index (χ3v) is 11.4. The molecule has 1 aliphatic rings. The van der Waals surface area contributed by atoms with Crippen LogP contribution in [0.4, 0.5) is 0 Å². The normalized spacial score (nSPS) is 15.8. The second kappa shape index (κ2) is 12.7. The molecule has 3 nitrogen and oxygen atoms in total. The number of allylic oxidation sites excluding steroid dienone is 1. The number of rotatable bonds is 10. The van der Waals surface area contributed by atoms with Crippen molar-refractivity contribution in [3.8, 4) is 5.75 Å². The minimum atomic E-state index is -2.45. The lowest BCUT2D eigenvalue weighted by molar-refractivity contribution is -0.137. The molecule has 188 valence electrons. The summed E-state index contributed by atoms with van der Waals surface area (Å²) >= 11 is 0. The van der Waals surface area contributed by atoms with Crippen LogP contribution in [0.2, 0.25) is 6.04 Å². The Morgan fingerprint density at radius 2 is 1.44 bits per heavy atom. The molecule has 3 aromatic carbocycles. The molecule has 4 rings (SSSR count). The maximum Gasteiger partial charge on any atom is 0.330 e. The highest BCUT2D eigenvalue weighted by molar-refractivity contribution is 6.98. The van der Waals surface area contributed by atoms with Gasteiger partial charge in [0, 0.05) is 6.08 Å². The number of benzene rings is 3. The van der Waals surface area contributed by atoms with Crippen molar-refractivity contribution >= 4 is 24.7 Å². The van der Waals surface area contributed by atoms with Crippen LogP contribution in [0.25, 0.3) is 0 Å². The Labute approximate surface area is 217 Å². The van der Waals surface area contributed by atoms with Crippen LogP contribution in [0.15, 0.2) is 96.6 Å². The molecular formula is C32H38O3Si. The first-order valence-electron chi connectivity index (χ1n) is 13.4. The summed E-state index contributed by atoms with van der Waals surface area (Å²) in [6, 6.07) is 31.5. The molecule has 0 aromatic heterocycles. The van der Waals surface area contributed by atoms with E-state index in [2.05, 4.69) is 91.9 Å². The summed E-state index contributed by atoms with van der Waals surface area (Å²) in [5, 5.41) is 2.64. The van der Waals surface area contributed by atoms with Gasteiger partial charge in [-0.15, -0.1) is 0 Å². The number of carbonyl (C=O) groups is 1.